The number of pyridine rings is 1. The summed E-state index contributed by atoms with van der Waals surface area (Å²) in [6, 6.07) is 2.85. The van der Waals surface area contributed by atoms with E-state index in [0.717, 1.165) is 25.3 Å². The number of nitrogens with one attached hydrogen (secondary N) is 1. The van der Waals surface area contributed by atoms with Crippen LogP contribution in [0.1, 0.15) is 70.1 Å². The molecule has 1 aliphatic carbocycles. The highest BCUT2D eigenvalue weighted by Gasteiger charge is 2.40. The van der Waals surface area contributed by atoms with E-state index in [1.807, 2.05) is 11.1 Å². The number of aromatic nitrogens is 1. The number of methoxy groups -OCH3 is 1. The average Bonchev–Trinajstić information content (AvgIpc) is 3.01. The van der Waals surface area contributed by atoms with Crippen LogP contribution in [-0.4, -0.2) is 67.8 Å². The predicted octanol–water partition coefficient (Wildman–Crippen LogP) is 3.06. The third-order valence-corrected chi connectivity index (χ3v) is 7.23. The van der Waals surface area contributed by atoms with Crippen molar-refractivity contribution >= 4 is 11.6 Å². The Labute approximate surface area is 181 Å². The molecule has 2 atom stereocenters. The molecule has 4 rings (SSSR count). The van der Waals surface area contributed by atoms with Crippen LogP contribution >= 0.6 is 0 Å². The molecule has 2 aliphatic heterocycles. The second kappa shape index (κ2) is 8.93. The lowest BCUT2D eigenvalue weighted by molar-refractivity contribution is -0.121. The Morgan fingerprint density at radius 2 is 2.07 bits per heavy atom. The van der Waals surface area contributed by atoms with Gasteiger partial charge in [-0.05, 0) is 25.8 Å². The molecule has 1 saturated heterocycles. The van der Waals surface area contributed by atoms with E-state index in [1.54, 1.807) is 7.11 Å². The third kappa shape index (κ3) is 4.41. The van der Waals surface area contributed by atoms with Crippen LogP contribution in [0.15, 0.2) is 12.3 Å². The molecule has 1 amide bonds. The summed E-state index contributed by atoms with van der Waals surface area (Å²) in [4.78, 5) is 22.7. The molecule has 3 heterocycles. The highest BCUT2D eigenvalue weighted by atomic mass is 16.5. The molecule has 166 valence electrons. The van der Waals surface area contributed by atoms with Gasteiger partial charge >= 0.3 is 0 Å². The van der Waals surface area contributed by atoms with Crippen molar-refractivity contribution in [2.75, 3.05) is 44.8 Å². The number of carbonyl (C=O) groups is 1. The molecule has 6 nitrogen and oxygen atoms in total. The maximum atomic E-state index is 13.5. The fraction of sp³-hybridized carbons (Fsp3) is 0.750. The smallest absolute Gasteiger partial charge is 0.241 e. The van der Waals surface area contributed by atoms with Gasteiger partial charge in [-0.1, -0.05) is 33.1 Å². The maximum Gasteiger partial charge on any atom is 0.241 e. The van der Waals surface area contributed by atoms with Crippen molar-refractivity contribution in [3.63, 3.8) is 0 Å². The molecule has 0 radical (unpaired) electrons. The SMILES string of the molecule is COC[C@H]1CN[C@H](C)CN1CC(=O)N1CC(C)(C)c2cnc(C3CCCCC3)cc21. The van der Waals surface area contributed by atoms with E-state index in [-0.39, 0.29) is 17.4 Å². The molecule has 0 aromatic carbocycles. The van der Waals surface area contributed by atoms with Crippen molar-refractivity contribution in [1.29, 1.82) is 0 Å². The Balaban J connectivity index is 1.55. The molecule has 2 fully saturated rings. The number of rotatable bonds is 5. The predicted molar refractivity (Wildman–Crippen MR) is 120 cm³/mol. The van der Waals surface area contributed by atoms with Gasteiger partial charge in [0, 0.05) is 67.6 Å². The van der Waals surface area contributed by atoms with Gasteiger partial charge in [0.2, 0.25) is 5.91 Å². The van der Waals surface area contributed by atoms with Crippen LogP contribution in [0.4, 0.5) is 5.69 Å². The summed E-state index contributed by atoms with van der Waals surface area (Å²) < 4.78 is 5.41. The number of nitrogens with zero attached hydrogens (tertiary/aromatic N) is 3. The first kappa shape index (κ1) is 21.7. The van der Waals surface area contributed by atoms with Crippen LogP contribution < -0.4 is 10.2 Å². The van der Waals surface area contributed by atoms with E-state index < -0.39 is 0 Å². The molecular formula is C24H38N4O2. The van der Waals surface area contributed by atoms with Gasteiger partial charge in [-0.2, -0.15) is 0 Å². The molecule has 0 spiro atoms. The molecule has 0 bridgehead atoms. The topological polar surface area (TPSA) is 57.7 Å². The van der Waals surface area contributed by atoms with E-state index in [0.29, 0.717) is 25.1 Å². The second-order valence-electron chi connectivity index (χ2n) is 10.2. The van der Waals surface area contributed by atoms with Gasteiger partial charge in [0.05, 0.1) is 18.8 Å². The normalized spacial score (nSPS) is 27.3. The molecule has 1 N–H and O–H groups in total. The van der Waals surface area contributed by atoms with Gasteiger partial charge in [-0.25, -0.2) is 0 Å². The largest absolute Gasteiger partial charge is 0.383 e. The van der Waals surface area contributed by atoms with Gasteiger partial charge in [0.25, 0.3) is 0 Å². The minimum atomic E-state index is -0.0637. The zero-order valence-electron chi connectivity index (χ0n) is 19.1. The van der Waals surface area contributed by atoms with Crippen molar-refractivity contribution in [2.45, 2.75) is 76.3 Å². The first-order chi connectivity index (χ1) is 14.4. The van der Waals surface area contributed by atoms with E-state index in [2.05, 4.69) is 37.1 Å². The molecule has 3 aliphatic rings. The quantitative estimate of drug-likeness (QED) is 0.803. The first-order valence-corrected chi connectivity index (χ1v) is 11.7. The van der Waals surface area contributed by atoms with Gasteiger partial charge in [0.1, 0.15) is 0 Å². The molecule has 0 unspecified atom stereocenters. The number of hydrogen-bond acceptors (Lipinski definition) is 5. The number of hydrogen-bond donors (Lipinski definition) is 1. The first-order valence-electron chi connectivity index (χ1n) is 11.7. The van der Waals surface area contributed by atoms with Crippen LogP contribution in [0.5, 0.6) is 0 Å². The zero-order valence-corrected chi connectivity index (χ0v) is 19.1. The lowest BCUT2D eigenvalue weighted by Crippen LogP contribution is -2.59. The summed E-state index contributed by atoms with van der Waals surface area (Å²) >= 11 is 0. The van der Waals surface area contributed by atoms with E-state index in [4.69, 9.17) is 9.72 Å². The summed E-state index contributed by atoms with van der Waals surface area (Å²) in [5, 5.41) is 3.51. The fourth-order valence-corrected chi connectivity index (χ4v) is 5.46. The van der Waals surface area contributed by atoms with E-state index in [9.17, 15) is 4.79 Å². The monoisotopic (exact) mass is 414 g/mol. The lowest BCUT2D eigenvalue weighted by atomic mass is 9.85. The minimum absolute atomic E-state index is 0.0637. The summed E-state index contributed by atoms with van der Waals surface area (Å²) in [6.07, 6.45) is 8.41. The summed E-state index contributed by atoms with van der Waals surface area (Å²) in [7, 11) is 1.73. The third-order valence-electron chi connectivity index (χ3n) is 7.23. The summed E-state index contributed by atoms with van der Waals surface area (Å²) in [5.74, 6) is 0.739. The molecule has 1 aromatic rings. The maximum absolute atomic E-state index is 13.5. The molecule has 6 heteroatoms. The molecule has 1 saturated carbocycles. The standard InChI is InChI=1S/C24H38N4O2/c1-17-13-27(19(11-25-17)15-30-4)14-23(29)28-16-24(2,3)20-12-26-21(10-22(20)28)18-8-6-5-7-9-18/h10,12,17-19,25H,5-9,11,13-16H2,1-4H3/t17-,19-/m1/s1. The van der Waals surface area contributed by atoms with Crippen molar-refractivity contribution in [1.82, 2.24) is 15.2 Å². The van der Waals surface area contributed by atoms with Crippen molar-refractivity contribution in [3.8, 4) is 0 Å². The Morgan fingerprint density at radius 1 is 1.30 bits per heavy atom. The Hall–Kier alpha value is -1.50. The van der Waals surface area contributed by atoms with Crippen molar-refractivity contribution in [3.05, 3.63) is 23.5 Å². The van der Waals surface area contributed by atoms with Crippen LogP contribution in [-0.2, 0) is 14.9 Å². The lowest BCUT2D eigenvalue weighted by Gasteiger charge is -2.39. The fourth-order valence-electron chi connectivity index (χ4n) is 5.46. The number of amides is 1. The number of carbonyl (C=O) groups excluding carboxylic acids is 1. The number of ether oxygens (including phenoxy) is 1. The summed E-state index contributed by atoms with van der Waals surface area (Å²) in [5.41, 5.74) is 3.41. The van der Waals surface area contributed by atoms with Gasteiger partial charge in [0.15, 0.2) is 0 Å². The van der Waals surface area contributed by atoms with Crippen LogP contribution in [0.3, 0.4) is 0 Å². The van der Waals surface area contributed by atoms with Crippen molar-refractivity contribution in [2.24, 2.45) is 0 Å². The molecule has 1 aromatic heterocycles. The zero-order chi connectivity index (χ0) is 21.3. The van der Waals surface area contributed by atoms with E-state index in [1.165, 1.54) is 43.4 Å². The summed E-state index contributed by atoms with van der Waals surface area (Å²) in [6.45, 7) is 10.2. The average molecular weight is 415 g/mol. The highest BCUT2D eigenvalue weighted by molar-refractivity contribution is 5.97. The van der Waals surface area contributed by atoms with Crippen LogP contribution in [0.2, 0.25) is 0 Å². The van der Waals surface area contributed by atoms with E-state index >= 15 is 0 Å². The molecule has 30 heavy (non-hydrogen) atoms. The second-order valence-corrected chi connectivity index (χ2v) is 10.2. The Morgan fingerprint density at radius 3 is 2.80 bits per heavy atom. The van der Waals surface area contributed by atoms with Crippen LogP contribution in [0.25, 0.3) is 0 Å². The van der Waals surface area contributed by atoms with Gasteiger partial charge < -0.3 is 15.0 Å². The number of piperazine rings is 1. The number of fused-ring (bicyclic) bond motifs is 1. The highest BCUT2D eigenvalue weighted by Crippen LogP contribution is 2.42. The Kier molecular flexibility index (Phi) is 6.47. The van der Waals surface area contributed by atoms with Gasteiger partial charge in [-0.15, -0.1) is 0 Å². The minimum Gasteiger partial charge on any atom is -0.383 e. The molecular weight excluding hydrogens is 376 g/mol. The van der Waals surface area contributed by atoms with Crippen molar-refractivity contribution < 1.29 is 9.53 Å². The van der Waals surface area contributed by atoms with Gasteiger partial charge in [-0.3, -0.25) is 14.7 Å². The van der Waals surface area contributed by atoms with Crippen LogP contribution in [0, 0.1) is 0 Å². The number of anilines is 1. The Bertz CT molecular complexity index is 760.